The number of pyridine rings is 2. The van der Waals surface area contributed by atoms with Crippen molar-refractivity contribution in [3.05, 3.63) is 95.8 Å². The van der Waals surface area contributed by atoms with Crippen molar-refractivity contribution in [3.63, 3.8) is 0 Å². The Morgan fingerprint density at radius 3 is 2.75 bits per heavy atom. The zero-order valence-electron chi connectivity index (χ0n) is 14.9. The molecule has 0 saturated carbocycles. The first kappa shape index (κ1) is 17.4. The summed E-state index contributed by atoms with van der Waals surface area (Å²) in [6, 6.07) is 18.2. The van der Waals surface area contributed by atoms with E-state index in [0.29, 0.717) is 11.5 Å². The van der Waals surface area contributed by atoms with Crippen molar-refractivity contribution < 1.29 is 9.21 Å². The predicted octanol–water partition coefficient (Wildman–Crippen LogP) is 3.54. The molecule has 136 valence electrons. The van der Waals surface area contributed by atoms with Gasteiger partial charge in [0.05, 0.1) is 6.42 Å². The van der Waals surface area contributed by atoms with Crippen LogP contribution in [0.4, 0.5) is 0 Å². The van der Waals surface area contributed by atoms with Gasteiger partial charge in [-0.05, 0) is 29.8 Å². The number of nitriles is 1. The van der Waals surface area contributed by atoms with Crippen molar-refractivity contribution in [2.75, 3.05) is 0 Å². The molecule has 1 amide bonds. The summed E-state index contributed by atoms with van der Waals surface area (Å²) >= 11 is 0. The molecule has 6 nitrogen and oxygen atoms in total. The molecule has 3 aromatic heterocycles. The van der Waals surface area contributed by atoms with Crippen molar-refractivity contribution in [2.24, 2.45) is 0 Å². The van der Waals surface area contributed by atoms with Crippen LogP contribution in [-0.2, 0) is 11.2 Å². The van der Waals surface area contributed by atoms with E-state index in [1.807, 2.05) is 48.5 Å². The van der Waals surface area contributed by atoms with E-state index in [2.05, 4.69) is 15.3 Å². The van der Waals surface area contributed by atoms with Crippen molar-refractivity contribution >= 4 is 16.9 Å². The van der Waals surface area contributed by atoms with Crippen molar-refractivity contribution in [3.8, 4) is 6.07 Å². The molecule has 1 unspecified atom stereocenters. The van der Waals surface area contributed by atoms with E-state index < -0.39 is 6.04 Å². The highest BCUT2D eigenvalue weighted by atomic mass is 16.3. The number of hydrogen-bond donors (Lipinski definition) is 1. The number of amides is 1. The molecule has 6 heteroatoms. The van der Waals surface area contributed by atoms with Crippen molar-refractivity contribution in [2.45, 2.75) is 12.5 Å². The maximum Gasteiger partial charge on any atom is 0.225 e. The van der Waals surface area contributed by atoms with Gasteiger partial charge < -0.3 is 9.73 Å². The number of carbonyl (C=O) groups is 1. The Hall–Kier alpha value is -3.98. The van der Waals surface area contributed by atoms with Crippen LogP contribution in [-0.4, -0.2) is 15.9 Å². The molecule has 1 N–H and O–H groups in total. The van der Waals surface area contributed by atoms with Crippen LogP contribution in [0.1, 0.15) is 28.6 Å². The number of rotatable bonds is 5. The number of carbonyl (C=O) groups excluding carboxylic acids is 1. The standard InChI is InChI=1S/C22H16N4O2/c23-12-18-8-7-15(13-25-18)10-21(27)26-22(17-5-3-9-24-14-17)20-11-16-4-1-2-6-19(16)28-20/h1-9,11,13-14,22H,10H2,(H,26,27). The summed E-state index contributed by atoms with van der Waals surface area (Å²) in [6.45, 7) is 0. The summed E-state index contributed by atoms with van der Waals surface area (Å²) in [5, 5.41) is 12.8. The van der Waals surface area contributed by atoms with Gasteiger partial charge in [0.15, 0.2) is 0 Å². The molecule has 0 aliphatic carbocycles. The normalized spacial score (nSPS) is 11.7. The fourth-order valence-corrected chi connectivity index (χ4v) is 3.00. The topological polar surface area (TPSA) is 91.8 Å². The maximum atomic E-state index is 12.7. The lowest BCUT2D eigenvalue weighted by atomic mass is 10.1. The lowest BCUT2D eigenvalue weighted by molar-refractivity contribution is -0.121. The third-order valence-corrected chi connectivity index (χ3v) is 4.36. The summed E-state index contributed by atoms with van der Waals surface area (Å²) < 4.78 is 5.98. The summed E-state index contributed by atoms with van der Waals surface area (Å²) in [5.41, 5.74) is 2.63. The number of aromatic nitrogens is 2. The first-order chi connectivity index (χ1) is 13.7. The Balaban J connectivity index is 1.60. The molecule has 4 aromatic rings. The number of para-hydroxylation sites is 1. The Bertz CT molecular complexity index is 1110. The fourth-order valence-electron chi connectivity index (χ4n) is 3.00. The van der Waals surface area contributed by atoms with E-state index in [4.69, 9.17) is 9.68 Å². The zero-order valence-corrected chi connectivity index (χ0v) is 14.9. The van der Waals surface area contributed by atoms with Crippen LogP contribution in [0.2, 0.25) is 0 Å². The average molecular weight is 368 g/mol. The highest BCUT2D eigenvalue weighted by Crippen LogP contribution is 2.28. The average Bonchev–Trinajstić information content (AvgIpc) is 3.17. The van der Waals surface area contributed by atoms with Gasteiger partial charge in [-0.3, -0.25) is 9.78 Å². The molecule has 0 aliphatic rings. The van der Waals surface area contributed by atoms with Gasteiger partial charge in [-0.25, -0.2) is 4.98 Å². The number of nitrogens with zero attached hydrogens (tertiary/aromatic N) is 3. The van der Waals surface area contributed by atoms with E-state index >= 15 is 0 Å². The summed E-state index contributed by atoms with van der Waals surface area (Å²) in [6.07, 6.45) is 5.08. The van der Waals surface area contributed by atoms with Gasteiger partial charge in [0.1, 0.15) is 29.1 Å². The lowest BCUT2D eigenvalue weighted by Gasteiger charge is -2.17. The van der Waals surface area contributed by atoms with Crippen LogP contribution in [0.3, 0.4) is 0 Å². The van der Waals surface area contributed by atoms with Crippen LogP contribution in [0.15, 0.2) is 77.6 Å². The minimum Gasteiger partial charge on any atom is -0.459 e. The Kier molecular flexibility index (Phi) is 4.81. The van der Waals surface area contributed by atoms with Crippen LogP contribution >= 0.6 is 0 Å². The fraction of sp³-hybridized carbons (Fsp3) is 0.0909. The largest absolute Gasteiger partial charge is 0.459 e. The summed E-state index contributed by atoms with van der Waals surface area (Å²) in [7, 11) is 0. The minimum absolute atomic E-state index is 0.149. The molecule has 0 spiro atoms. The van der Waals surface area contributed by atoms with Crippen molar-refractivity contribution in [1.29, 1.82) is 5.26 Å². The van der Waals surface area contributed by atoms with Gasteiger partial charge in [-0.1, -0.05) is 30.3 Å². The highest BCUT2D eigenvalue weighted by molar-refractivity contribution is 5.81. The van der Waals surface area contributed by atoms with E-state index in [-0.39, 0.29) is 12.3 Å². The van der Waals surface area contributed by atoms with E-state index in [9.17, 15) is 4.79 Å². The molecule has 1 atom stereocenters. The second-order valence-corrected chi connectivity index (χ2v) is 6.31. The quantitative estimate of drug-likeness (QED) is 0.582. The van der Waals surface area contributed by atoms with Gasteiger partial charge >= 0.3 is 0 Å². The Morgan fingerprint density at radius 1 is 1.14 bits per heavy atom. The first-order valence-corrected chi connectivity index (χ1v) is 8.76. The molecular formula is C22H16N4O2. The second-order valence-electron chi connectivity index (χ2n) is 6.31. The smallest absolute Gasteiger partial charge is 0.225 e. The molecule has 0 radical (unpaired) electrons. The minimum atomic E-state index is -0.458. The van der Waals surface area contributed by atoms with Gasteiger partial charge in [-0.15, -0.1) is 0 Å². The molecule has 0 aliphatic heterocycles. The zero-order chi connectivity index (χ0) is 19.3. The number of fused-ring (bicyclic) bond motifs is 1. The first-order valence-electron chi connectivity index (χ1n) is 8.76. The lowest BCUT2D eigenvalue weighted by Crippen LogP contribution is -2.30. The number of hydrogen-bond acceptors (Lipinski definition) is 5. The molecular weight excluding hydrogens is 352 g/mol. The van der Waals surface area contributed by atoms with Gasteiger partial charge in [-0.2, -0.15) is 5.26 Å². The molecule has 28 heavy (non-hydrogen) atoms. The molecule has 0 saturated heterocycles. The van der Waals surface area contributed by atoms with Crippen LogP contribution in [0.5, 0.6) is 0 Å². The Labute approximate surface area is 161 Å². The number of benzene rings is 1. The SMILES string of the molecule is N#Cc1ccc(CC(=O)NC(c2cccnc2)c2cc3ccccc3o2)cn1. The van der Waals surface area contributed by atoms with Crippen LogP contribution in [0.25, 0.3) is 11.0 Å². The monoisotopic (exact) mass is 368 g/mol. The Morgan fingerprint density at radius 2 is 2.04 bits per heavy atom. The number of furan rings is 1. The number of nitrogens with one attached hydrogen (secondary N) is 1. The van der Waals surface area contributed by atoms with Gasteiger partial charge in [0.2, 0.25) is 5.91 Å². The van der Waals surface area contributed by atoms with Crippen molar-refractivity contribution in [1.82, 2.24) is 15.3 Å². The maximum absolute atomic E-state index is 12.7. The molecule has 1 aromatic carbocycles. The third-order valence-electron chi connectivity index (χ3n) is 4.36. The van der Waals surface area contributed by atoms with E-state index in [1.54, 1.807) is 30.7 Å². The predicted molar refractivity (Wildman–Crippen MR) is 103 cm³/mol. The van der Waals surface area contributed by atoms with Crippen LogP contribution in [0, 0.1) is 11.3 Å². The highest BCUT2D eigenvalue weighted by Gasteiger charge is 2.21. The second kappa shape index (κ2) is 7.72. The van der Waals surface area contributed by atoms with Crippen LogP contribution < -0.4 is 5.32 Å². The van der Waals surface area contributed by atoms with Gasteiger partial charge in [0.25, 0.3) is 0 Å². The van der Waals surface area contributed by atoms with Gasteiger partial charge in [0, 0.05) is 29.5 Å². The molecule has 3 heterocycles. The molecule has 0 fully saturated rings. The summed E-state index contributed by atoms with van der Waals surface area (Å²) in [4.78, 5) is 20.8. The van der Waals surface area contributed by atoms with E-state index in [0.717, 1.165) is 22.1 Å². The molecule has 4 rings (SSSR count). The molecule has 0 bridgehead atoms. The van der Waals surface area contributed by atoms with E-state index in [1.165, 1.54) is 0 Å². The third kappa shape index (κ3) is 3.74. The summed E-state index contributed by atoms with van der Waals surface area (Å²) in [5.74, 6) is 0.460.